The van der Waals surface area contributed by atoms with Crippen molar-refractivity contribution in [3.05, 3.63) is 30.5 Å². The lowest BCUT2D eigenvalue weighted by Gasteiger charge is -2.09. The molecule has 1 aromatic carbocycles. The van der Waals surface area contributed by atoms with Crippen LogP contribution in [-0.2, 0) is 11.3 Å². The lowest BCUT2D eigenvalue weighted by atomic mass is 10.2. The SMILES string of the molecule is CCOCCCNCCn1ccc2c(OCC)cccc21. The highest BCUT2D eigenvalue weighted by molar-refractivity contribution is 5.86. The van der Waals surface area contributed by atoms with Crippen molar-refractivity contribution in [3.63, 3.8) is 0 Å². The maximum Gasteiger partial charge on any atom is 0.128 e. The van der Waals surface area contributed by atoms with Crippen LogP contribution in [0.1, 0.15) is 20.3 Å². The zero-order valence-electron chi connectivity index (χ0n) is 13.1. The predicted octanol–water partition coefficient (Wildman–Crippen LogP) is 3.06. The van der Waals surface area contributed by atoms with Gasteiger partial charge in [0.1, 0.15) is 5.75 Å². The molecular weight excluding hydrogens is 264 g/mol. The highest BCUT2D eigenvalue weighted by Gasteiger charge is 2.05. The minimum Gasteiger partial charge on any atom is -0.493 e. The first-order valence-electron chi connectivity index (χ1n) is 7.86. The molecule has 0 fully saturated rings. The predicted molar refractivity (Wildman–Crippen MR) is 87.1 cm³/mol. The summed E-state index contributed by atoms with van der Waals surface area (Å²) in [6.45, 7) is 9.33. The third-order valence-electron chi connectivity index (χ3n) is 3.45. The first kappa shape index (κ1) is 15.9. The second-order valence-electron chi connectivity index (χ2n) is 4.93. The topological polar surface area (TPSA) is 35.4 Å². The van der Waals surface area contributed by atoms with Gasteiger partial charge in [-0.25, -0.2) is 0 Å². The van der Waals surface area contributed by atoms with Crippen LogP contribution in [0.2, 0.25) is 0 Å². The molecule has 2 rings (SSSR count). The fourth-order valence-corrected chi connectivity index (χ4v) is 2.44. The number of aromatic nitrogens is 1. The first-order chi connectivity index (χ1) is 10.4. The molecule has 0 saturated heterocycles. The Balaban J connectivity index is 1.84. The van der Waals surface area contributed by atoms with E-state index in [0.717, 1.165) is 45.0 Å². The van der Waals surface area contributed by atoms with Crippen LogP contribution in [0, 0.1) is 0 Å². The lowest BCUT2D eigenvalue weighted by Crippen LogP contribution is -2.21. The standard InChI is InChI=1S/C17H26N2O2/c1-3-20-14-6-10-18-11-13-19-12-9-15-16(19)7-5-8-17(15)21-4-2/h5,7-9,12,18H,3-4,6,10-11,13-14H2,1-2H3. The van der Waals surface area contributed by atoms with E-state index in [-0.39, 0.29) is 0 Å². The molecule has 0 aliphatic carbocycles. The van der Waals surface area contributed by atoms with E-state index < -0.39 is 0 Å². The molecule has 0 aliphatic rings. The molecule has 0 amide bonds. The summed E-state index contributed by atoms with van der Waals surface area (Å²) < 4.78 is 13.3. The summed E-state index contributed by atoms with van der Waals surface area (Å²) in [4.78, 5) is 0. The number of fused-ring (bicyclic) bond motifs is 1. The van der Waals surface area contributed by atoms with Gasteiger partial charge >= 0.3 is 0 Å². The molecule has 0 spiro atoms. The van der Waals surface area contributed by atoms with E-state index in [0.29, 0.717) is 6.61 Å². The van der Waals surface area contributed by atoms with Gasteiger partial charge in [-0.1, -0.05) is 6.07 Å². The summed E-state index contributed by atoms with van der Waals surface area (Å²) in [5.74, 6) is 0.971. The summed E-state index contributed by atoms with van der Waals surface area (Å²) in [6, 6.07) is 8.36. The summed E-state index contributed by atoms with van der Waals surface area (Å²) in [5.41, 5.74) is 1.23. The van der Waals surface area contributed by atoms with Gasteiger partial charge in [0, 0.05) is 37.9 Å². The molecule has 4 heteroatoms. The van der Waals surface area contributed by atoms with E-state index in [9.17, 15) is 0 Å². The number of benzene rings is 1. The Morgan fingerprint density at radius 2 is 2.00 bits per heavy atom. The normalized spacial score (nSPS) is 11.1. The Hall–Kier alpha value is -1.52. The summed E-state index contributed by atoms with van der Waals surface area (Å²) in [7, 11) is 0. The Bertz CT molecular complexity index is 537. The molecular formula is C17H26N2O2. The molecule has 1 N–H and O–H groups in total. The van der Waals surface area contributed by atoms with E-state index in [2.05, 4.69) is 34.3 Å². The van der Waals surface area contributed by atoms with Gasteiger partial charge in [-0.3, -0.25) is 0 Å². The lowest BCUT2D eigenvalue weighted by molar-refractivity contribution is 0.145. The number of ether oxygens (including phenoxy) is 2. The molecule has 116 valence electrons. The highest BCUT2D eigenvalue weighted by Crippen LogP contribution is 2.26. The van der Waals surface area contributed by atoms with Crippen molar-refractivity contribution in [2.75, 3.05) is 32.9 Å². The molecule has 0 atom stereocenters. The van der Waals surface area contributed by atoms with Gasteiger partial charge in [-0.05, 0) is 45.0 Å². The van der Waals surface area contributed by atoms with Crippen LogP contribution >= 0.6 is 0 Å². The van der Waals surface area contributed by atoms with Gasteiger partial charge in [0.25, 0.3) is 0 Å². The number of nitrogens with zero attached hydrogens (tertiary/aromatic N) is 1. The molecule has 0 aliphatic heterocycles. The fourth-order valence-electron chi connectivity index (χ4n) is 2.44. The molecule has 21 heavy (non-hydrogen) atoms. The molecule has 0 unspecified atom stereocenters. The minimum atomic E-state index is 0.700. The van der Waals surface area contributed by atoms with Crippen molar-refractivity contribution in [3.8, 4) is 5.75 Å². The molecule has 1 heterocycles. The van der Waals surface area contributed by atoms with E-state index in [4.69, 9.17) is 9.47 Å². The smallest absolute Gasteiger partial charge is 0.128 e. The quantitative estimate of drug-likeness (QED) is 0.683. The van der Waals surface area contributed by atoms with E-state index in [1.54, 1.807) is 0 Å². The Labute approximate surface area is 127 Å². The molecule has 0 saturated carbocycles. The van der Waals surface area contributed by atoms with Crippen LogP contribution < -0.4 is 10.1 Å². The average molecular weight is 290 g/mol. The maximum atomic E-state index is 5.67. The maximum absolute atomic E-state index is 5.67. The van der Waals surface area contributed by atoms with Crippen LogP contribution in [0.3, 0.4) is 0 Å². The van der Waals surface area contributed by atoms with Gasteiger partial charge in [0.05, 0.1) is 12.1 Å². The molecule has 0 radical (unpaired) electrons. The van der Waals surface area contributed by atoms with Gasteiger partial charge in [-0.2, -0.15) is 0 Å². The van der Waals surface area contributed by atoms with Crippen LogP contribution in [0.4, 0.5) is 0 Å². The third kappa shape index (κ3) is 4.48. The average Bonchev–Trinajstić information content (AvgIpc) is 2.91. The largest absolute Gasteiger partial charge is 0.493 e. The minimum absolute atomic E-state index is 0.700. The molecule has 1 aromatic heterocycles. The van der Waals surface area contributed by atoms with Crippen LogP contribution in [0.15, 0.2) is 30.5 Å². The summed E-state index contributed by atoms with van der Waals surface area (Å²) >= 11 is 0. The van der Waals surface area contributed by atoms with Crippen LogP contribution in [0.5, 0.6) is 5.75 Å². The first-order valence-corrected chi connectivity index (χ1v) is 7.86. The second-order valence-corrected chi connectivity index (χ2v) is 4.93. The Morgan fingerprint density at radius 3 is 2.81 bits per heavy atom. The summed E-state index contributed by atoms with van der Waals surface area (Å²) in [6.07, 6.45) is 3.20. The molecule has 2 aromatic rings. The third-order valence-corrected chi connectivity index (χ3v) is 3.45. The van der Waals surface area contributed by atoms with E-state index in [1.807, 2.05) is 19.9 Å². The van der Waals surface area contributed by atoms with Crippen LogP contribution in [-0.4, -0.2) is 37.5 Å². The molecule has 0 bridgehead atoms. The summed E-state index contributed by atoms with van der Waals surface area (Å²) in [5, 5.41) is 4.65. The van der Waals surface area contributed by atoms with E-state index in [1.165, 1.54) is 10.9 Å². The van der Waals surface area contributed by atoms with Crippen molar-refractivity contribution in [2.24, 2.45) is 0 Å². The highest BCUT2D eigenvalue weighted by atomic mass is 16.5. The zero-order valence-corrected chi connectivity index (χ0v) is 13.1. The van der Waals surface area contributed by atoms with Gasteiger partial charge in [-0.15, -0.1) is 0 Å². The van der Waals surface area contributed by atoms with Crippen molar-refractivity contribution in [1.82, 2.24) is 9.88 Å². The van der Waals surface area contributed by atoms with Gasteiger partial charge in [0.15, 0.2) is 0 Å². The van der Waals surface area contributed by atoms with E-state index >= 15 is 0 Å². The number of rotatable bonds is 10. The molecule has 4 nitrogen and oxygen atoms in total. The monoisotopic (exact) mass is 290 g/mol. The van der Waals surface area contributed by atoms with Crippen molar-refractivity contribution in [1.29, 1.82) is 0 Å². The van der Waals surface area contributed by atoms with Crippen molar-refractivity contribution in [2.45, 2.75) is 26.8 Å². The number of hydrogen-bond acceptors (Lipinski definition) is 3. The van der Waals surface area contributed by atoms with Crippen LogP contribution in [0.25, 0.3) is 10.9 Å². The Kier molecular flexibility index (Phi) is 6.57. The zero-order chi connectivity index (χ0) is 14.9. The van der Waals surface area contributed by atoms with Gasteiger partial charge < -0.3 is 19.4 Å². The second kappa shape index (κ2) is 8.70. The Morgan fingerprint density at radius 1 is 1.10 bits per heavy atom. The number of nitrogens with one attached hydrogen (secondary N) is 1. The van der Waals surface area contributed by atoms with Crippen molar-refractivity contribution < 1.29 is 9.47 Å². The number of hydrogen-bond donors (Lipinski definition) is 1. The fraction of sp³-hybridized carbons (Fsp3) is 0.529. The van der Waals surface area contributed by atoms with Gasteiger partial charge in [0.2, 0.25) is 0 Å². The van der Waals surface area contributed by atoms with Crippen molar-refractivity contribution >= 4 is 10.9 Å².